The Labute approximate surface area is 190 Å². The molecule has 3 heterocycles. The summed E-state index contributed by atoms with van der Waals surface area (Å²) in [5, 5.41) is 18.3. The van der Waals surface area contributed by atoms with Crippen LogP contribution >= 0.6 is 0 Å². The number of pyridine rings is 2. The van der Waals surface area contributed by atoms with Crippen molar-refractivity contribution in [2.45, 2.75) is 19.5 Å². The normalized spacial score (nSPS) is 13.3. The lowest BCUT2D eigenvalue weighted by Crippen LogP contribution is -2.65. The molecule has 0 saturated heterocycles. The molecule has 0 unspecified atom stereocenters. The zero-order chi connectivity index (χ0) is 23.3. The zero-order valence-electron chi connectivity index (χ0n) is 18.2. The van der Waals surface area contributed by atoms with Crippen LogP contribution in [0, 0.1) is 0 Å². The molecule has 0 saturated carbocycles. The number of hydrogen-bond acceptors (Lipinski definition) is 2. The molecular weight excluding hydrogens is 416 g/mol. The molecule has 0 aliphatic carbocycles. The van der Waals surface area contributed by atoms with Gasteiger partial charge in [-0.15, -0.1) is 9.13 Å². The summed E-state index contributed by atoms with van der Waals surface area (Å²) < 4.78 is 4.44. The van der Waals surface area contributed by atoms with Crippen LogP contribution in [-0.2, 0) is 5.66 Å². The van der Waals surface area contributed by atoms with Gasteiger partial charge in [0.15, 0.2) is 12.4 Å². The Morgan fingerprint density at radius 1 is 0.576 bits per heavy atom. The van der Waals surface area contributed by atoms with Crippen LogP contribution < -0.4 is 9.13 Å². The summed E-state index contributed by atoms with van der Waals surface area (Å²) in [5.74, 6) is -1.88. The molecular formula is C27H22N2O4+2. The van der Waals surface area contributed by atoms with Gasteiger partial charge in [-0.2, -0.15) is 0 Å². The molecule has 6 nitrogen and oxygen atoms in total. The Balaban J connectivity index is 1.54. The molecule has 0 atom stereocenters. The molecule has 2 N–H and O–H groups in total. The second kappa shape index (κ2) is 7.38. The van der Waals surface area contributed by atoms with Crippen molar-refractivity contribution in [3.8, 4) is 33.6 Å². The quantitative estimate of drug-likeness (QED) is 0.468. The number of aromatic carboxylic acids is 2. The van der Waals surface area contributed by atoms with E-state index in [9.17, 15) is 9.59 Å². The van der Waals surface area contributed by atoms with Gasteiger partial charge < -0.3 is 10.2 Å². The summed E-state index contributed by atoms with van der Waals surface area (Å²) >= 11 is 0. The van der Waals surface area contributed by atoms with Crippen molar-refractivity contribution in [1.29, 1.82) is 0 Å². The number of fused-ring (bicyclic) bond motifs is 3. The molecule has 162 valence electrons. The first-order valence-electron chi connectivity index (χ1n) is 10.6. The van der Waals surface area contributed by atoms with E-state index >= 15 is 0 Å². The molecule has 2 aromatic heterocycles. The molecule has 0 amide bonds. The largest absolute Gasteiger partial charge is 0.478 e. The average Bonchev–Trinajstić information content (AvgIpc) is 3.05. The minimum atomic E-state index is -0.939. The van der Waals surface area contributed by atoms with E-state index in [2.05, 4.69) is 47.5 Å². The van der Waals surface area contributed by atoms with E-state index in [1.54, 1.807) is 24.3 Å². The van der Waals surface area contributed by atoms with Crippen LogP contribution in [0.5, 0.6) is 0 Å². The fraction of sp³-hybridized carbons (Fsp3) is 0.111. The van der Waals surface area contributed by atoms with E-state index in [4.69, 9.17) is 10.2 Å². The first-order valence-corrected chi connectivity index (χ1v) is 10.6. The Morgan fingerprint density at radius 3 is 1.24 bits per heavy atom. The van der Waals surface area contributed by atoms with Crippen LogP contribution in [0.25, 0.3) is 33.6 Å². The maximum atomic E-state index is 11.2. The summed E-state index contributed by atoms with van der Waals surface area (Å²) in [5.41, 5.74) is 6.22. The van der Waals surface area contributed by atoms with Crippen LogP contribution in [0.1, 0.15) is 34.6 Å². The Hall–Kier alpha value is -4.32. The highest BCUT2D eigenvalue weighted by atomic mass is 16.4. The molecule has 5 rings (SSSR count). The highest BCUT2D eigenvalue weighted by molar-refractivity contribution is 5.88. The third kappa shape index (κ3) is 3.36. The lowest BCUT2D eigenvalue weighted by Gasteiger charge is -2.11. The molecule has 4 aromatic rings. The van der Waals surface area contributed by atoms with Crippen molar-refractivity contribution >= 4 is 11.9 Å². The van der Waals surface area contributed by atoms with E-state index in [-0.39, 0.29) is 16.8 Å². The minimum absolute atomic E-state index is 0.264. The van der Waals surface area contributed by atoms with Crippen LogP contribution in [-0.4, -0.2) is 22.2 Å². The first kappa shape index (κ1) is 20.6. The number of rotatable bonds is 4. The van der Waals surface area contributed by atoms with Crippen LogP contribution in [0.4, 0.5) is 0 Å². The van der Waals surface area contributed by atoms with Gasteiger partial charge >= 0.3 is 17.6 Å². The molecule has 0 spiro atoms. The van der Waals surface area contributed by atoms with Gasteiger partial charge in [0, 0.05) is 23.3 Å². The fourth-order valence-corrected chi connectivity index (χ4v) is 4.39. The number of carboxylic acids is 2. The summed E-state index contributed by atoms with van der Waals surface area (Å²) in [6, 6.07) is 22.0. The van der Waals surface area contributed by atoms with E-state index in [0.717, 1.165) is 33.6 Å². The summed E-state index contributed by atoms with van der Waals surface area (Å²) in [4.78, 5) is 22.3. The van der Waals surface area contributed by atoms with Crippen LogP contribution in [0.15, 0.2) is 85.2 Å². The Bertz CT molecular complexity index is 1310. The predicted octanol–water partition coefficient (Wildman–Crippen LogP) is 4.21. The van der Waals surface area contributed by atoms with Gasteiger partial charge in [0.1, 0.15) is 0 Å². The monoisotopic (exact) mass is 438 g/mol. The van der Waals surface area contributed by atoms with Gasteiger partial charge in [-0.1, -0.05) is 24.3 Å². The number of benzene rings is 2. The van der Waals surface area contributed by atoms with Crippen molar-refractivity contribution in [2.75, 3.05) is 0 Å². The third-order valence-electron chi connectivity index (χ3n) is 6.27. The summed E-state index contributed by atoms with van der Waals surface area (Å²) in [6.07, 6.45) is 4.19. The van der Waals surface area contributed by atoms with Crippen LogP contribution in [0.2, 0.25) is 0 Å². The first-order chi connectivity index (χ1) is 15.8. The van der Waals surface area contributed by atoms with Crippen LogP contribution in [0.3, 0.4) is 0 Å². The SMILES string of the molecule is CC1(C)[n+]2cc(-c3ccc(C(=O)O)cc3)ccc2-c2ccc(-c3ccc(C(=O)O)cc3)c[n+]21. The standard InChI is InChI=1S/C27H20N2O4/c1-27(2)28-15-21(17-3-7-19(8-4-17)25(30)31)11-13-23(28)24-14-12-22(16-29(24)27)18-5-9-20(10-6-18)26(32)33/h3-16H,1-2H3/p+2. The van der Waals surface area contributed by atoms with Gasteiger partial charge in [-0.05, 0) is 47.5 Å². The highest BCUT2D eigenvalue weighted by Gasteiger charge is 2.51. The molecule has 6 heteroatoms. The maximum absolute atomic E-state index is 11.2. The molecule has 0 fully saturated rings. The van der Waals surface area contributed by atoms with Gasteiger partial charge in [0.2, 0.25) is 0 Å². The number of hydrogen-bond donors (Lipinski definition) is 2. The van der Waals surface area contributed by atoms with Crippen molar-refractivity contribution in [3.05, 3.63) is 96.3 Å². The lowest BCUT2D eigenvalue weighted by atomic mass is 10.0. The van der Waals surface area contributed by atoms with Crippen molar-refractivity contribution in [2.24, 2.45) is 0 Å². The van der Waals surface area contributed by atoms with E-state index in [0.29, 0.717) is 0 Å². The molecule has 0 bridgehead atoms. The fourth-order valence-electron chi connectivity index (χ4n) is 4.39. The smallest absolute Gasteiger partial charge is 0.356 e. The number of nitrogens with zero attached hydrogens (tertiary/aromatic N) is 2. The van der Waals surface area contributed by atoms with Gasteiger partial charge in [-0.25, -0.2) is 9.59 Å². The zero-order valence-corrected chi connectivity index (χ0v) is 18.2. The molecule has 0 radical (unpaired) electrons. The second-order valence-corrected chi connectivity index (χ2v) is 8.61. The average molecular weight is 438 g/mol. The number of carbonyl (C=O) groups is 2. The predicted molar refractivity (Wildman–Crippen MR) is 122 cm³/mol. The van der Waals surface area contributed by atoms with E-state index in [1.165, 1.54) is 0 Å². The van der Waals surface area contributed by atoms with Crippen molar-refractivity contribution in [1.82, 2.24) is 0 Å². The summed E-state index contributed by atoms with van der Waals surface area (Å²) in [6.45, 7) is 4.28. The topological polar surface area (TPSA) is 82.4 Å². The van der Waals surface area contributed by atoms with Crippen molar-refractivity contribution < 1.29 is 28.9 Å². The number of aromatic nitrogens is 2. The van der Waals surface area contributed by atoms with Gasteiger partial charge in [-0.3, -0.25) is 0 Å². The van der Waals surface area contributed by atoms with Gasteiger partial charge in [0.25, 0.3) is 11.4 Å². The molecule has 1 aliphatic heterocycles. The van der Waals surface area contributed by atoms with E-state index < -0.39 is 11.9 Å². The van der Waals surface area contributed by atoms with E-state index in [1.807, 2.05) is 36.4 Å². The lowest BCUT2D eigenvalue weighted by molar-refractivity contribution is -0.954. The maximum Gasteiger partial charge on any atom is 0.356 e. The summed E-state index contributed by atoms with van der Waals surface area (Å²) in [7, 11) is 0. The van der Waals surface area contributed by atoms with Crippen molar-refractivity contribution in [3.63, 3.8) is 0 Å². The Morgan fingerprint density at radius 2 is 0.909 bits per heavy atom. The molecule has 33 heavy (non-hydrogen) atoms. The molecule has 1 aliphatic rings. The highest BCUT2D eigenvalue weighted by Crippen LogP contribution is 2.29. The minimum Gasteiger partial charge on any atom is -0.478 e. The van der Waals surface area contributed by atoms with Gasteiger partial charge in [0.05, 0.1) is 25.0 Å². The third-order valence-corrected chi connectivity index (χ3v) is 6.27. The Kier molecular flexibility index (Phi) is 4.60. The molecule has 2 aromatic carbocycles. The second-order valence-electron chi connectivity index (χ2n) is 8.61. The number of carboxylic acid groups (broad SMARTS) is 2.